The minimum absolute atomic E-state index is 1.10. The van der Waals surface area contributed by atoms with Gasteiger partial charge in [-0.25, -0.2) is 0 Å². The fraction of sp³-hybridized carbons (Fsp3) is 0.0526. The van der Waals surface area contributed by atoms with Crippen LogP contribution >= 0.6 is 31.9 Å². The Morgan fingerprint density at radius 1 is 0.419 bits per heavy atom. The average Bonchev–Trinajstić information content (AvgIpc) is 3.53. The van der Waals surface area contributed by atoms with Crippen LogP contribution in [0.4, 0.5) is 0 Å². The van der Waals surface area contributed by atoms with E-state index in [2.05, 4.69) is 188 Å². The Balaban J connectivity index is 1.33. The first-order valence-electron chi connectivity index (χ1n) is 14.5. The second-order valence-electron chi connectivity index (χ2n) is 11.8. The fourth-order valence-corrected chi connectivity index (χ4v) is 9.71. The third kappa shape index (κ3) is 4.25. The smallest absolute Gasteiger partial charge is 0.112 e. The molecular weight excluding hydrogens is 672 g/mol. The zero-order valence-corrected chi connectivity index (χ0v) is 28.0. The molecule has 0 unspecified atom stereocenters. The molecule has 0 N–H and O–H groups in total. The maximum Gasteiger partial charge on any atom is 0.112 e. The van der Waals surface area contributed by atoms with Crippen LogP contribution in [0.25, 0.3) is 55.0 Å². The first kappa shape index (κ1) is 26.7. The van der Waals surface area contributed by atoms with E-state index in [1.807, 2.05) is 0 Å². The number of rotatable bonds is 4. The maximum absolute atomic E-state index is 3.74. The molecule has 0 radical (unpaired) electrons. The Morgan fingerprint density at radius 2 is 0.767 bits per heavy atom. The highest BCUT2D eigenvalue weighted by Gasteiger charge is 2.28. The SMILES string of the molecule is C[Si](C)(c1ccc2c(c1)c1cc(Br)ccc1n2-c1ccccc1)c1ccc2c(c1)c1cc(Br)ccc1n2-c1ccccc1. The minimum Gasteiger partial charge on any atom is -0.309 e. The van der Waals surface area contributed by atoms with Gasteiger partial charge in [-0.1, -0.05) is 116 Å². The summed E-state index contributed by atoms with van der Waals surface area (Å²) < 4.78 is 6.97. The van der Waals surface area contributed by atoms with Gasteiger partial charge in [0.05, 0.1) is 22.1 Å². The van der Waals surface area contributed by atoms with Crippen LogP contribution in [0.15, 0.2) is 142 Å². The third-order valence-corrected chi connectivity index (χ3v) is 13.4. The van der Waals surface area contributed by atoms with Gasteiger partial charge in [0.2, 0.25) is 0 Å². The number of nitrogens with zero attached hydrogens (tertiary/aromatic N) is 2. The molecule has 0 amide bonds. The van der Waals surface area contributed by atoms with Crippen molar-refractivity contribution in [3.63, 3.8) is 0 Å². The number of halogens is 2. The van der Waals surface area contributed by atoms with E-state index in [9.17, 15) is 0 Å². The van der Waals surface area contributed by atoms with E-state index in [1.165, 1.54) is 65.4 Å². The van der Waals surface area contributed by atoms with Gasteiger partial charge in [-0.3, -0.25) is 0 Å². The summed E-state index contributed by atoms with van der Waals surface area (Å²) >= 11 is 7.48. The van der Waals surface area contributed by atoms with Crippen molar-refractivity contribution in [3.8, 4) is 11.4 Å². The van der Waals surface area contributed by atoms with Crippen LogP contribution in [0.2, 0.25) is 13.1 Å². The van der Waals surface area contributed by atoms with Gasteiger partial charge >= 0.3 is 0 Å². The van der Waals surface area contributed by atoms with E-state index in [0.717, 1.165) is 8.95 Å². The van der Waals surface area contributed by atoms with Gasteiger partial charge in [-0.05, 0) is 72.8 Å². The van der Waals surface area contributed by atoms with Gasteiger partial charge in [0.15, 0.2) is 0 Å². The minimum atomic E-state index is -2.07. The van der Waals surface area contributed by atoms with Crippen molar-refractivity contribution in [3.05, 3.63) is 142 Å². The van der Waals surface area contributed by atoms with E-state index in [1.54, 1.807) is 0 Å². The quantitative estimate of drug-likeness (QED) is 0.162. The van der Waals surface area contributed by atoms with Crippen LogP contribution in [0.1, 0.15) is 0 Å². The van der Waals surface area contributed by atoms with E-state index >= 15 is 0 Å². The molecule has 5 heteroatoms. The number of hydrogen-bond acceptors (Lipinski definition) is 0. The zero-order chi connectivity index (χ0) is 29.3. The monoisotopic (exact) mass is 698 g/mol. The molecule has 2 aromatic heterocycles. The number of fused-ring (bicyclic) bond motifs is 6. The summed E-state index contributed by atoms with van der Waals surface area (Å²) in [5.74, 6) is 0. The zero-order valence-electron chi connectivity index (χ0n) is 23.9. The summed E-state index contributed by atoms with van der Waals surface area (Å²) in [7, 11) is -2.07. The Kier molecular flexibility index (Phi) is 6.26. The molecule has 2 heterocycles. The standard InChI is InChI=1S/C38H28Br2N2Si/c1-43(2,29-15-19-37-33(23-29)31-21-25(39)13-17-35(31)41(37)27-9-5-3-6-10-27)30-16-20-38-34(24-30)32-22-26(40)14-18-36(32)42(38)28-11-7-4-8-12-28/h3-24H,1-2H3. The summed E-state index contributed by atoms with van der Waals surface area (Å²) in [6, 6.07) is 48.9. The van der Waals surface area contributed by atoms with Crippen LogP contribution in [-0.4, -0.2) is 17.2 Å². The third-order valence-electron chi connectivity index (χ3n) is 8.93. The highest BCUT2D eigenvalue weighted by atomic mass is 79.9. The molecule has 0 aliphatic heterocycles. The van der Waals surface area contributed by atoms with Gasteiger partial charge in [0.25, 0.3) is 0 Å². The number of hydrogen-bond donors (Lipinski definition) is 0. The van der Waals surface area contributed by atoms with Crippen molar-refractivity contribution in [2.24, 2.45) is 0 Å². The van der Waals surface area contributed by atoms with E-state index in [-0.39, 0.29) is 0 Å². The normalized spacial score (nSPS) is 12.2. The molecule has 8 rings (SSSR count). The van der Waals surface area contributed by atoms with E-state index in [4.69, 9.17) is 0 Å². The van der Waals surface area contributed by atoms with Crippen molar-refractivity contribution in [1.29, 1.82) is 0 Å². The molecule has 0 fully saturated rings. The molecule has 0 aliphatic rings. The van der Waals surface area contributed by atoms with Crippen LogP contribution < -0.4 is 10.4 Å². The molecule has 43 heavy (non-hydrogen) atoms. The molecule has 0 saturated carbocycles. The first-order chi connectivity index (χ1) is 20.9. The molecular formula is C38H28Br2N2Si. The van der Waals surface area contributed by atoms with Gasteiger partial charge in [0.1, 0.15) is 8.07 Å². The highest BCUT2D eigenvalue weighted by Crippen LogP contribution is 2.35. The van der Waals surface area contributed by atoms with E-state index in [0.29, 0.717) is 0 Å². The molecule has 0 saturated heterocycles. The average molecular weight is 701 g/mol. The largest absolute Gasteiger partial charge is 0.309 e. The van der Waals surface area contributed by atoms with Crippen molar-refractivity contribution in [2.75, 3.05) is 0 Å². The van der Waals surface area contributed by atoms with Gasteiger partial charge in [-0.2, -0.15) is 0 Å². The lowest BCUT2D eigenvalue weighted by molar-refractivity contribution is 1.18. The van der Waals surface area contributed by atoms with Gasteiger partial charge in [0, 0.05) is 41.9 Å². The van der Waals surface area contributed by atoms with Crippen LogP contribution in [-0.2, 0) is 0 Å². The number of aromatic nitrogens is 2. The Labute approximate surface area is 268 Å². The van der Waals surface area contributed by atoms with Gasteiger partial charge < -0.3 is 9.13 Å². The van der Waals surface area contributed by atoms with Crippen molar-refractivity contribution in [2.45, 2.75) is 13.1 Å². The Morgan fingerprint density at radius 3 is 1.16 bits per heavy atom. The van der Waals surface area contributed by atoms with Crippen LogP contribution in [0, 0.1) is 0 Å². The molecule has 8 aromatic rings. The number of para-hydroxylation sites is 2. The lowest BCUT2D eigenvalue weighted by atomic mass is 10.1. The summed E-state index contributed by atoms with van der Waals surface area (Å²) in [6.45, 7) is 4.96. The molecule has 0 aliphatic carbocycles. The van der Waals surface area contributed by atoms with Crippen LogP contribution in [0.3, 0.4) is 0 Å². The molecule has 0 bridgehead atoms. The second-order valence-corrected chi connectivity index (χ2v) is 18.0. The molecule has 6 aromatic carbocycles. The summed E-state index contributed by atoms with van der Waals surface area (Å²) in [4.78, 5) is 0. The van der Waals surface area contributed by atoms with Crippen molar-refractivity contribution >= 4 is 93.9 Å². The summed E-state index contributed by atoms with van der Waals surface area (Å²) in [5.41, 5.74) is 7.28. The summed E-state index contributed by atoms with van der Waals surface area (Å²) in [6.07, 6.45) is 0. The topological polar surface area (TPSA) is 9.86 Å². The van der Waals surface area contributed by atoms with Gasteiger partial charge in [-0.15, -0.1) is 0 Å². The fourth-order valence-electron chi connectivity index (χ4n) is 6.65. The molecule has 2 nitrogen and oxygen atoms in total. The van der Waals surface area contributed by atoms with Crippen molar-refractivity contribution in [1.82, 2.24) is 9.13 Å². The van der Waals surface area contributed by atoms with Crippen LogP contribution in [0.5, 0.6) is 0 Å². The molecule has 0 spiro atoms. The number of benzene rings is 6. The maximum atomic E-state index is 3.74. The molecule has 208 valence electrons. The predicted molar refractivity (Wildman–Crippen MR) is 194 cm³/mol. The highest BCUT2D eigenvalue weighted by molar-refractivity contribution is 9.10. The lowest BCUT2D eigenvalue weighted by Crippen LogP contribution is -2.52. The first-order valence-corrected chi connectivity index (χ1v) is 19.1. The lowest BCUT2D eigenvalue weighted by Gasteiger charge is -2.24. The molecule has 0 atom stereocenters. The Bertz CT molecular complexity index is 2170. The predicted octanol–water partition coefficient (Wildman–Crippen LogP) is 10.2. The Hall–Kier alpha value is -3.90. The second kappa shape index (κ2) is 10.1. The van der Waals surface area contributed by atoms with E-state index < -0.39 is 8.07 Å². The van der Waals surface area contributed by atoms with Crippen molar-refractivity contribution < 1.29 is 0 Å². The summed E-state index contributed by atoms with van der Waals surface area (Å²) in [5, 5.41) is 7.99.